The van der Waals surface area contributed by atoms with Crippen molar-refractivity contribution in [3.05, 3.63) is 23.8 Å². The second kappa shape index (κ2) is 3.43. The minimum absolute atomic E-state index is 0.369. The molecule has 0 saturated heterocycles. The lowest BCUT2D eigenvalue weighted by molar-refractivity contribution is -0.00481. The lowest BCUT2D eigenvalue weighted by Crippen LogP contribution is -2.48. The molecule has 4 bridgehead atoms. The number of rotatable bonds is 1. The first kappa shape index (κ1) is 10.7. The first-order valence-electron chi connectivity index (χ1n) is 7.31. The Hall–Kier alpha value is -1.18. The second-order valence-corrected chi connectivity index (χ2v) is 7.01. The number of para-hydroxylation sites is 1. The molecule has 0 aromatic heterocycles. The SMILES string of the molecule is Nc1cccc(C23CC4CC(CC(C4)C2)C3)c1N. The summed E-state index contributed by atoms with van der Waals surface area (Å²) in [6.45, 7) is 0. The third kappa shape index (κ3) is 1.35. The van der Waals surface area contributed by atoms with Crippen molar-refractivity contribution in [2.24, 2.45) is 17.8 Å². The molecule has 0 aliphatic heterocycles. The molecule has 0 heterocycles. The Balaban J connectivity index is 1.81. The van der Waals surface area contributed by atoms with Crippen LogP contribution in [-0.2, 0) is 5.41 Å². The molecule has 96 valence electrons. The average molecular weight is 242 g/mol. The Bertz CT molecular complexity index is 457. The van der Waals surface area contributed by atoms with Crippen molar-refractivity contribution in [3.63, 3.8) is 0 Å². The van der Waals surface area contributed by atoms with Crippen molar-refractivity contribution in [2.45, 2.75) is 43.9 Å². The first-order valence-corrected chi connectivity index (χ1v) is 7.31. The van der Waals surface area contributed by atoms with E-state index in [1.165, 1.54) is 44.1 Å². The largest absolute Gasteiger partial charge is 0.397 e. The molecule has 0 radical (unpaired) electrons. The van der Waals surface area contributed by atoms with Crippen LogP contribution in [0.25, 0.3) is 0 Å². The van der Waals surface area contributed by atoms with E-state index >= 15 is 0 Å². The number of benzene rings is 1. The number of hydrogen-bond donors (Lipinski definition) is 2. The van der Waals surface area contributed by atoms with E-state index in [0.29, 0.717) is 5.41 Å². The van der Waals surface area contributed by atoms with Crippen LogP contribution in [-0.4, -0.2) is 0 Å². The van der Waals surface area contributed by atoms with E-state index in [1.54, 1.807) is 0 Å². The van der Waals surface area contributed by atoms with Crippen LogP contribution in [0.15, 0.2) is 18.2 Å². The molecular formula is C16H22N2. The van der Waals surface area contributed by atoms with Gasteiger partial charge in [-0.25, -0.2) is 0 Å². The quantitative estimate of drug-likeness (QED) is 0.742. The molecular weight excluding hydrogens is 220 g/mol. The Morgan fingerprint density at radius 2 is 1.44 bits per heavy atom. The van der Waals surface area contributed by atoms with Gasteiger partial charge >= 0.3 is 0 Å². The van der Waals surface area contributed by atoms with Gasteiger partial charge in [0.2, 0.25) is 0 Å². The summed E-state index contributed by atoms with van der Waals surface area (Å²) in [5, 5.41) is 0. The van der Waals surface area contributed by atoms with Gasteiger partial charge in [0, 0.05) is 0 Å². The molecule has 2 heteroatoms. The van der Waals surface area contributed by atoms with Gasteiger partial charge in [0.25, 0.3) is 0 Å². The van der Waals surface area contributed by atoms with Crippen LogP contribution in [0.2, 0.25) is 0 Å². The van der Waals surface area contributed by atoms with E-state index in [0.717, 1.165) is 29.1 Å². The van der Waals surface area contributed by atoms with Gasteiger partial charge in [-0.15, -0.1) is 0 Å². The Morgan fingerprint density at radius 3 is 2.00 bits per heavy atom. The van der Waals surface area contributed by atoms with Crippen molar-refractivity contribution in [3.8, 4) is 0 Å². The van der Waals surface area contributed by atoms with Crippen molar-refractivity contribution < 1.29 is 0 Å². The maximum atomic E-state index is 6.28. The van der Waals surface area contributed by atoms with Gasteiger partial charge in [0.15, 0.2) is 0 Å². The Morgan fingerprint density at radius 1 is 0.889 bits per heavy atom. The molecule has 0 atom stereocenters. The predicted molar refractivity (Wildman–Crippen MR) is 75.1 cm³/mol. The summed E-state index contributed by atoms with van der Waals surface area (Å²) in [6, 6.07) is 6.25. The van der Waals surface area contributed by atoms with E-state index in [1.807, 2.05) is 6.07 Å². The summed E-state index contributed by atoms with van der Waals surface area (Å²) in [6.07, 6.45) is 8.48. The summed E-state index contributed by atoms with van der Waals surface area (Å²) >= 11 is 0. The van der Waals surface area contributed by atoms with Gasteiger partial charge in [-0.05, 0) is 73.3 Å². The fourth-order valence-corrected chi connectivity index (χ4v) is 5.49. The highest BCUT2D eigenvalue weighted by atomic mass is 14.7. The number of nitrogen functional groups attached to an aromatic ring is 2. The normalized spacial score (nSPS) is 41.2. The molecule has 0 amide bonds. The van der Waals surface area contributed by atoms with Gasteiger partial charge in [0.05, 0.1) is 11.4 Å². The van der Waals surface area contributed by atoms with Gasteiger partial charge < -0.3 is 11.5 Å². The molecule has 5 rings (SSSR count). The molecule has 4 saturated carbocycles. The van der Waals surface area contributed by atoms with E-state index in [-0.39, 0.29) is 0 Å². The molecule has 0 spiro atoms. The highest BCUT2D eigenvalue weighted by Gasteiger charge is 2.52. The van der Waals surface area contributed by atoms with Crippen LogP contribution in [0.5, 0.6) is 0 Å². The monoisotopic (exact) mass is 242 g/mol. The Kier molecular flexibility index (Phi) is 2.04. The molecule has 18 heavy (non-hydrogen) atoms. The highest BCUT2D eigenvalue weighted by molar-refractivity contribution is 5.69. The van der Waals surface area contributed by atoms with Crippen LogP contribution >= 0.6 is 0 Å². The first-order chi connectivity index (χ1) is 8.66. The van der Waals surface area contributed by atoms with Crippen LogP contribution in [0, 0.1) is 17.8 Å². The molecule has 1 aromatic rings. The number of anilines is 2. The van der Waals surface area contributed by atoms with E-state index in [4.69, 9.17) is 11.5 Å². The predicted octanol–water partition coefficient (Wildman–Crippen LogP) is 3.32. The minimum atomic E-state index is 0.369. The summed E-state index contributed by atoms with van der Waals surface area (Å²) in [5.41, 5.74) is 15.7. The molecule has 2 nitrogen and oxygen atoms in total. The maximum Gasteiger partial charge on any atom is 0.0586 e. The maximum absolute atomic E-state index is 6.28. The van der Waals surface area contributed by atoms with Crippen molar-refractivity contribution in [1.29, 1.82) is 0 Å². The summed E-state index contributed by atoms with van der Waals surface area (Å²) in [4.78, 5) is 0. The van der Waals surface area contributed by atoms with Crippen molar-refractivity contribution >= 4 is 11.4 Å². The fraction of sp³-hybridized carbons (Fsp3) is 0.625. The zero-order valence-electron chi connectivity index (χ0n) is 10.9. The summed E-state index contributed by atoms with van der Waals surface area (Å²) < 4.78 is 0. The molecule has 4 aliphatic carbocycles. The zero-order valence-corrected chi connectivity index (χ0v) is 10.9. The number of nitrogens with two attached hydrogens (primary N) is 2. The van der Waals surface area contributed by atoms with Crippen LogP contribution in [0.1, 0.15) is 44.1 Å². The van der Waals surface area contributed by atoms with Crippen molar-refractivity contribution in [2.75, 3.05) is 11.5 Å². The van der Waals surface area contributed by atoms with E-state index < -0.39 is 0 Å². The summed E-state index contributed by atoms with van der Waals surface area (Å²) in [5.74, 6) is 2.87. The molecule has 4 aliphatic rings. The van der Waals surface area contributed by atoms with Gasteiger partial charge in [0.1, 0.15) is 0 Å². The third-order valence-electron chi connectivity index (χ3n) is 5.75. The summed E-state index contributed by atoms with van der Waals surface area (Å²) in [7, 11) is 0. The van der Waals surface area contributed by atoms with Crippen LogP contribution < -0.4 is 11.5 Å². The fourth-order valence-electron chi connectivity index (χ4n) is 5.49. The van der Waals surface area contributed by atoms with Crippen molar-refractivity contribution in [1.82, 2.24) is 0 Å². The molecule has 0 unspecified atom stereocenters. The molecule has 4 fully saturated rings. The highest BCUT2D eigenvalue weighted by Crippen LogP contribution is 2.61. The van der Waals surface area contributed by atoms with Crippen LogP contribution in [0.3, 0.4) is 0 Å². The second-order valence-electron chi connectivity index (χ2n) is 7.01. The van der Waals surface area contributed by atoms with Crippen LogP contribution in [0.4, 0.5) is 11.4 Å². The van der Waals surface area contributed by atoms with E-state index in [2.05, 4.69) is 12.1 Å². The standard InChI is InChI=1S/C16H22N2/c17-14-3-1-2-13(15(14)18)16-7-10-4-11(8-16)6-12(5-10)9-16/h1-3,10-12H,4-9,17-18H2. The average Bonchev–Trinajstić information content (AvgIpc) is 2.30. The zero-order chi connectivity index (χ0) is 12.3. The van der Waals surface area contributed by atoms with Gasteiger partial charge in [-0.3, -0.25) is 0 Å². The lowest BCUT2D eigenvalue weighted by Gasteiger charge is -2.57. The van der Waals surface area contributed by atoms with Gasteiger partial charge in [-0.1, -0.05) is 12.1 Å². The molecule has 4 N–H and O–H groups in total. The van der Waals surface area contributed by atoms with Gasteiger partial charge in [-0.2, -0.15) is 0 Å². The minimum Gasteiger partial charge on any atom is -0.397 e. The Labute approximate surface area is 109 Å². The topological polar surface area (TPSA) is 52.0 Å². The molecule has 1 aromatic carbocycles. The third-order valence-corrected chi connectivity index (χ3v) is 5.75. The smallest absolute Gasteiger partial charge is 0.0586 e. The number of hydrogen-bond acceptors (Lipinski definition) is 2. The lowest BCUT2D eigenvalue weighted by atomic mass is 9.48. The van der Waals surface area contributed by atoms with E-state index in [9.17, 15) is 0 Å².